The first-order chi connectivity index (χ1) is 14.0. The fourth-order valence-corrected chi connectivity index (χ4v) is 3.87. The van der Waals surface area contributed by atoms with Gasteiger partial charge in [-0.2, -0.15) is 15.0 Å². The van der Waals surface area contributed by atoms with Gasteiger partial charge in [0.1, 0.15) is 5.75 Å². The molecule has 0 amide bonds. The predicted octanol–water partition coefficient (Wildman–Crippen LogP) is 3.32. The minimum absolute atomic E-state index is 0.144. The van der Waals surface area contributed by atoms with E-state index < -0.39 is 0 Å². The summed E-state index contributed by atoms with van der Waals surface area (Å²) < 4.78 is 5.52. The molecule has 1 aliphatic heterocycles. The first kappa shape index (κ1) is 21.3. The topological polar surface area (TPSA) is 80.4 Å². The molecule has 2 aromatic rings. The van der Waals surface area contributed by atoms with Gasteiger partial charge in [-0.1, -0.05) is 12.1 Å². The van der Waals surface area contributed by atoms with Gasteiger partial charge >= 0.3 is 0 Å². The highest BCUT2D eigenvalue weighted by molar-refractivity contribution is 5.33. The molecule has 2 N–H and O–H groups in total. The molecule has 1 fully saturated rings. The van der Waals surface area contributed by atoms with E-state index in [2.05, 4.69) is 51.0 Å². The summed E-state index contributed by atoms with van der Waals surface area (Å²) in [6.45, 7) is 7.02. The average molecular weight is 399 g/mol. The highest BCUT2D eigenvalue weighted by Gasteiger charge is 2.25. The van der Waals surface area contributed by atoms with Gasteiger partial charge in [0.05, 0.1) is 12.6 Å². The Labute approximate surface area is 174 Å². The molecule has 1 aromatic carbocycles. The molecule has 1 aromatic heterocycles. The van der Waals surface area contributed by atoms with Crippen LogP contribution in [-0.2, 0) is 6.42 Å². The summed E-state index contributed by atoms with van der Waals surface area (Å²) in [5, 5.41) is 0. The Bertz CT molecular complexity index is 771. The first-order valence-electron chi connectivity index (χ1n) is 10.6. The van der Waals surface area contributed by atoms with E-state index in [1.807, 2.05) is 25.9 Å². The van der Waals surface area contributed by atoms with Crippen LogP contribution in [0.3, 0.4) is 0 Å². The Morgan fingerprint density at radius 2 is 1.83 bits per heavy atom. The molecule has 7 heteroatoms. The molecule has 1 aliphatic rings. The zero-order valence-corrected chi connectivity index (χ0v) is 18.1. The summed E-state index contributed by atoms with van der Waals surface area (Å²) in [5.74, 6) is 3.38. The third kappa shape index (κ3) is 5.79. The largest absolute Gasteiger partial charge is 0.494 e. The zero-order valence-electron chi connectivity index (χ0n) is 18.1. The molecule has 0 aliphatic carbocycles. The van der Waals surface area contributed by atoms with Crippen LogP contribution in [0, 0.1) is 5.92 Å². The minimum atomic E-state index is 0.144. The predicted molar refractivity (Wildman–Crippen MR) is 117 cm³/mol. The van der Waals surface area contributed by atoms with Gasteiger partial charge < -0.3 is 15.4 Å². The molecule has 1 atom stereocenters. The van der Waals surface area contributed by atoms with Gasteiger partial charge in [-0.25, -0.2) is 0 Å². The summed E-state index contributed by atoms with van der Waals surface area (Å²) in [7, 11) is 3.83. The number of hydrogen-bond acceptors (Lipinski definition) is 7. The van der Waals surface area contributed by atoms with Gasteiger partial charge in [0.2, 0.25) is 11.9 Å². The SMILES string of the molecule is CCOc1ccc(CCC2CCN(C(C)c3nc(N)nc(N(C)C)n3)CC2)cc1. The van der Waals surface area contributed by atoms with E-state index in [4.69, 9.17) is 10.5 Å². The maximum Gasteiger partial charge on any atom is 0.229 e. The number of nitrogens with zero attached hydrogens (tertiary/aromatic N) is 5. The zero-order chi connectivity index (χ0) is 20.8. The van der Waals surface area contributed by atoms with E-state index in [0.29, 0.717) is 12.6 Å². The number of piperidine rings is 1. The molecule has 2 heterocycles. The number of hydrogen-bond donors (Lipinski definition) is 1. The second kappa shape index (κ2) is 9.87. The lowest BCUT2D eigenvalue weighted by atomic mass is 9.90. The Hall–Kier alpha value is -2.41. The normalized spacial score (nSPS) is 16.6. The molecule has 29 heavy (non-hydrogen) atoms. The maximum absolute atomic E-state index is 5.89. The van der Waals surface area contributed by atoms with Gasteiger partial charge in [0.15, 0.2) is 5.82 Å². The number of aryl methyl sites for hydroxylation is 1. The maximum atomic E-state index is 5.89. The lowest BCUT2D eigenvalue weighted by molar-refractivity contribution is 0.133. The summed E-state index contributed by atoms with van der Waals surface area (Å²) in [6, 6.07) is 8.67. The Kier molecular flexibility index (Phi) is 7.25. The van der Waals surface area contributed by atoms with Crippen molar-refractivity contribution in [1.29, 1.82) is 0 Å². The molecule has 7 nitrogen and oxygen atoms in total. The van der Waals surface area contributed by atoms with E-state index in [9.17, 15) is 0 Å². The van der Waals surface area contributed by atoms with Gasteiger partial charge in [0.25, 0.3) is 0 Å². The van der Waals surface area contributed by atoms with E-state index >= 15 is 0 Å². The number of anilines is 2. The van der Waals surface area contributed by atoms with Crippen molar-refractivity contribution < 1.29 is 4.74 Å². The van der Waals surface area contributed by atoms with E-state index in [0.717, 1.165) is 37.0 Å². The number of rotatable bonds is 8. The van der Waals surface area contributed by atoms with Crippen LogP contribution in [0.15, 0.2) is 24.3 Å². The molecule has 0 bridgehead atoms. The van der Waals surface area contributed by atoms with Crippen molar-refractivity contribution in [3.63, 3.8) is 0 Å². The van der Waals surface area contributed by atoms with E-state index in [1.165, 1.54) is 24.8 Å². The molecule has 158 valence electrons. The average Bonchev–Trinajstić information content (AvgIpc) is 2.73. The quantitative estimate of drug-likeness (QED) is 0.730. The molecular weight excluding hydrogens is 364 g/mol. The fraction of sp³-hybridized carbons (Fsp3) is 0.591. The molecule has 3 rings (SSSR count). The van der Waals surface area contributed by atoms with Crippen molar-refractivity contribution in [3.8, 4) is 5.75 Å². The van der Waals surface area contributed by atoms with Gasteiger partial charge in [-0.3, -0.25) is 4.90 Å². The van der Waals surface area contributed by atoms with Crippen LogP contribution in [0.1, 0.15) is 50.5 Å². The monoisotopic (exact) mass is 398 g/mol. The fourth-order valence-electron chi connectivity index (χ4n) is 3.87. The van der Waals surface area contributed by atoms with Crippen molar-refractivity contribution in [2.45, 2.75) is 45.6 Å². The molecule has 0 saturated carbocycles. The Morgan fingerprint density at radius 3 is 2.45 bits per heavy atom. The molecule has 1 saturated heterocycles. The van der Waals surface area contributed by atoms with Crippen molar-refractivity contribution in [2.75, 3.05) is 44.4 Å². The molecule has 0 spiro atoms. The van der Waals surface area contributed by atoms with Crippen LogP contribution in [0.2, 0.25) is 0 Å². The lowest BCUT2D eigenvalue weighted by Crippen LogP contribution is -2.36. The first-order valence-corrected chi connectivity index (χ1v) is 10.6. The number of ether oxygens (including phenoxy) is 1. The second-order valence-electron chi connectivity index (χ2n) is 8.02. The van der Waals surface area contributed by atoms with Crippen LogP contribution in [0.4, 0.5) is 11.9 Å². The highest BCUT2D eigenvalue weighted by atomic mass is 16.5. The van der Waals surface area contributed by atoms with Crippen LogP contribution in [0.5, 0.6) is 5.75 Å². The van der Waals surface area contributed by atoms with Crippen molar-refractivity contribution in [2.24, 2.45) is 5.92 Å². The van der Waals surface area contributed by atoms with Crippen molar-refractivity contribution >= 4 is 11.9 Å². The van der Waals surface area contributed by atoms with Crippen molar-refractivity contribution in [1.82, 2.24) is 19.9 Å². The number of aromatic nitrogens is 3. The minimum Gasteiger partial charge on any atom is -0.494 e. The third-order valence-electron chi connectivity index (χ3n) is 5.70. The third-order valence-corrected chi connectivity index (χ3v) is 5.70. The molecule has 1 unspecified atom stereocenters. The van der Waals surface area contributed by atoms with Gasteiger partial charge in [-0.05, 0) is 76.2 Å². The second-order valence-corrected chi connectivity index (χ2v) is 8.02. The van der Waals surface area contributed by atoms with E-state index in [1.54, 1.807) is 0 Å². The summed E-state index contributed by atoms with van der Waals surface area (Å²) in [5.41, 5.74) is 7.28. The number of nitrogens with two attached hydrogens (primary N) is 1. The smallest absolute Gasteiger partial charge is 0.229 e. The Morgan fingerprint density at radius 1 is 1.14 bits per heavy atom. The van der Waals surface area contributed by atoms with Crippen molar-refractivity contribution in [3.05, 3.63) is 35.7 Å². The number of benzene rings is 1. The van der Waals surface area contributed by atoms with Gasteiger partial charge in [-0.15, -0.1) is 0 Å². The highest BCUT2D eigenvalue weighted by Crippen LogP contribution is 2.28. The number of nitrogen functional groups attached to an aromatic ring is 1. The van der Waals surface area contributed by atoms with Crippen LogP contribution < -0.4 is 15.4 Å². The Balaban J connectivity index is 1.50. The van der Waals surface area contributed by atoms with Crippen LogP contribution in [0.25, 0.3) is 0 Å². The number of likely N-dealkylation sites (tertiary alicyclic amines) is 1. The van der Waals surface area contributed by atoms with E-state index in [-0.39, 0.29) is 12.0 Å². The van der Waals surface area contributed by atoms with Crippen LogP contribution >= 0.6 is 0 Å². The lowest BCUT2D eigenvalue weighted by Gasteiger charge is -2.35. The summed E-state index contributed by atoms with van der Waals surface area (Å²) in [4.78, 5) is 17.5. The summed E-state index contributed by atoms with van der Waals surface area (Å²) >= 11 is 0. The molecule has 0 radical (unpaired) electrons. The van der Waals surface area contributed by atoms with Gasteiger partial charge in [0, 0.05) is 14.1 Å². The summed E-state index contributed by atoms with van der Waals surface area (Å²) in [6.07, 6.45) is 4.79. The van der Waals surface area contributed by atoms with Crippen LogP contribution in [-0.4, -0.2) is 53.6 Å². The molecular formula is C22H34N6O. The standard InChI is InChI=1S/C22H34N6O/c1-5-29-19-10-8-17(9-11-19)6-7-18-12-14-28(15-13-18)16(2)20-24-21(23)26-22(25-20)27(3)4/h8-11,16,18H,5-7,12-15H2,1-4H3,(H2,23,24,25,26).